The Morgan fingerprint density at radius 3 is 2.55 bits per heavy atom. The van der Waals surface area contributed by atoms with Crippen LogP contribution in [-0.2, 0) is 4.79 Å². The van der Waals surface area contributed by atoms with Crippen LogP contribution in [0.5, 0.6) is 0 Å². The van der Waals surface area contributed by atoms with Crippen molar-refractivity contribution in [1.29, 1.82) is 0 Å². The first-order valence-corrected chi connectivity index (χ1v) is 4.44. The van der Waals surface area contributed by atoms with Crippen LogP contribution in [0, 0.1) is 11.8 Å². The third-order valence-corrected chi connectivity index (χ3v) is 2.83. The fourth-order valence-corrected chi connectivity index (χ4v) is 1.53. The number of hydrogen-bond acceptors (Lipinski definition) is 1. The van der Waals surface area contributed by atoms with E-state index in [2.05, 4.69) is 19.2 Å². The van der Waals surface area contributed by atoms with Crippen molar-refractivity contribution in [1.82, 2.24) is 5.32 Å². The molecule has 1 N–H and O–H groups in total. The molecule has 3 atom stereocenters. The molecule has 1 saturated carbocycles. The summed E-state index contributed by atoms with van der Waals surface area (Å²) in [5.41, 5.74) is 0. The Morgan fingerprint density at radius 2 is 2.18 bits per heavy atom. The number of amides is 1. The van der Waals surface area contributed by atoms with Gasteiger partial charge in [-0.15, -0.1) is 0 Å². The van der Waals surface area contributed by atoms with Gasteiger partial charge >= 0.3 is 0 Å². The molecule has 0 aliphatic heterocycles. The summed E-state index contributed by atoms with van der Waals surface area (Å²) < 4.78 is 0. The van der Waals surface area contributed by atoms with Crippen molar-refractivity contribution in [3.63, 3.8) is 0 Å². The molecule has 3 unspecified atom stereocenters. The molecule has 0 saturated heterocycles. The topological polar surface area (TPSA) is 29.1 Å². The van der Waals surface area contributed by atoms with Crippen molar-refractivity contribution in [2.24, 2.45) is 11.8 Å². The van der Waals surface area contributed by atoms with Crippen molar-refractivity contribution in [3.8, 4) is 0 Å². The van der Waals surface area contributed by atoms with E-state index in [0.717, 1.165) is 12.3 Å². The standard InChI is InChI=1S/C9H17NO/c1-4-9(11)10-8-5-6(2)7(8)3/h6-8H,4-5H2,1-3H3,(H,10,11). The van der Waals surface area contributed by atoms with E-state index in [0.29, 0.717) is 18.4 Å². The molecule has 0 aromatic rings. The Kier molecular flexibility index (Phi) is 2.53. The zero-order valence-corrected chi connectivity index (χ0v) is 7.55. The maximum Gasteiger partial charge on any atom is 0.219 e. The maximum atomic E-state index is 11.0. The van der Waals surface area contributed by atoms with Gasteiger partial charge in [-0.1, -0.05) is 20.8 Å². The first kappa shape index (κ1) is 8.57. The van der Waals surface area contributed by atoms with Crippen molar-refractivity contribution in [3.05, 3.63) is 0 Å². The lowest BCUT2D eigenvalue weighted by Crippen LogP contribution is -2.50. The first-order chi connectivity index (χ1) is 5.15. The van der Waals surface area contributed by atoms with Crippen LogP contribution in [0.15, 0.2) is 0 Å². The SMILES string of the molecule is CCC(=O)NC1CC(C)C1C. The number of hydrogen-bond donors (Lipinski definition) is 1. The maximum absolute atomic E-state index is 11.0. The van der Waals surface area contributed by atoms with Crippen LogP contribution in [0.1, 0.15) is 33.6 Å². The number of carbonyl (C=O) groups excluding carboxylic acids is 1. The average Bonchev–Trinajstić information content (AvgIpc) is 2.03. The van der Waals surface area contributed by atoms with Crippen LogP contribution < -0.4 is 5.32 Å². The van der Waals surface area contributed by atoms with E-state index in [1.165, 1.54) is 0 Å². The molecule has 0 radical (unpaired) electrons. The van der Waals surface area contributed by atoms with Crippen molar-refractivity contribution in [2.75, 3.05) is 0 Å². The van der Waals surface area contributed by atoms with E-state index in [4.69, 9.17) is 0 Å². The second kappa shape index (κ2) is 3.24. The normalized spacial score (nSPS) is 36.1. The summed E-state index contributed by atoms with van der Waals surface area (Å²) in [5.74, 6) is 1.65. The predicted molar refractivity (Wildman–Crippen MR) is 45.2 cm³/mol. The molecule has 1 aliphatic carbocycles. The summed E-state index contributed by atoms with van der Waals surface area (Å²) >= 11 is 0. The molecule has 11 heavy (non-hydrogen) atoms. The molecule has 1 amide bonds. The third-order valence-electron chi connectivity index (χ3n) is 2.83. The van der Waals surface area contributed by atoms with Crippen LogP contribution in [0.4, 0.5) is 0 Å². The van der Waals surface area contributed by atoms with Gasteiger partial charge < -0.3 is 5.32 Å². The molecular formula is C9H17NO. The fraction of sp³-hybridized carbons (Fsp3) is 0.889. The van der Waals surface area contributed by atoms with E-state index in [1.54, 1.807) is 0 Å². The largest absolute Gasteiger partial charge is 0.353 e. The van der Waals surface area contributed by atoms with E-state index in [1.807, 2.05) is 6.92 Å². The van der Waals surface area contributed by atoms with Gasteiger partial charge in [0.2, 0.25) is 5.91 Å². The number of carbonyl (C=O) groups is 1. The second-order valence-electron chi connectivity index (χ2n) is 3.60. The molecule has 0 spiro atoms. The Labute approximate surface area is 68.4 Å². The molecule has 0 aromatic carbocycles. The fourth-order valence-electron chi connectivity index (χ4n) is 1.53. The highest BCUT2D eigenvalue weighted by atomic mass is 16.1. The molecule has 0 heterocycles. The Balaban J connectivity index is 2.25. The summed E-state index contributed by atoms with van der Waals surface area (Å²) in [6.07, 6.45) is 1.77. The summed E-state index contributed by atoms with van der Waals surface area (Å²) in [5, 5.41) is 3.01. The lowest BCUT2D eigenvalue weighted by molar-refractivity contribution is -0.123. The summed E-state index contributed by atoms with van der Waals surface area (Å²) in [6, 6.07) is 0.456. The number of nitrogens with one attached hydrogen (secondary N) is 1. The highest BCUT2D eigenvalue weighted by molar-refractivity contribution is 5.75. The van der Waals surface area contributed by atoms with Gasteiger partial charge in [0, 0.05) is 12.5 Å². The molecule has 1 rings (SSSR count). The van der Waals surface area contributed by atoms with Crippen LogP contribution in [0.2, 0.25) is 0 Å². The minimum atomic E-state index is 0.189. The molecular weight excluding hydrogens is 138 g/mol. The van der Waals surface area contributed by atoms with Crippen molar-refractivity contribution < 1.29 is 4.79 Å². The number of rotatable bonds is 2. The zero-order chi connectivity index (χ0) is 8.43. The van der Waals surface area contributed by atoms with Gasteiger partial charge in [-0.3, -0.25) is 4.79 Å². The monoisotopic (exact) mass is 155 g/mol. The van der Waals surface area contributed by atoms with Crippen LogP contribution >= 0.6 is 0 Å². The van der Waals surface area contributed by atoms with Gasteiger partial charge in [-0.05, 0) is 18.3 Å². The molecule has 2 heteroatoms. The van der Waals surface area contributed by atoms with Gasteiger partial charge in [-0.25, -0.2) is 0 Å². The van der Waals surface area contributed by atoms with E-state index < -0.39 is 0 Å². The van der Waals surface area contributed by atoms with E-state index in [-0.39, 0.29) is 5.91 Å². The van der Waals surface area contributed by atoms with Gasteiger partial charge in [0.1, 0.15) is 0 Å². The molecule has 1 aliphatic rings. The van der Waals surface area contributed by atoms with Crippen LogP contribution in [0.3, 0.4) is 0 Å². The molecule has 0 bridgehead atoms. The van der Waals surface area contributed by atoms with Gasteiger partial charge in [-0.2, -0.15) is 0 Å². The third kappa shape index (κ3) is 1.73. The molecule has 2 nitrogen and oxygen atoms in total. The molecule has 0 aromatic heterocycles. The summed E-state index contributed by atoms with van der Waals surface area (Å²) in [4.78, 5) is 11.0. The van der Waals surface area contributed by atoms with Crippen LogP contribution in [0.25, 0.3) is 0 Å². The smallest absolute Gasteiger partial charge is 0.219 e. The van der Waals surface area contributed by atoms with Crippen LogP contribution in [-0.4, -0.2) is 11.9 Å². The first-order valence-electron chi connectivity index (χ1n) is 4.44. The molecule has 64 valence electrons. The van der Waals surface area contributed by atoms with E-state index in [9.17, 15) is 4.79 Å². The lowest BCUT2D eigenvalue weighted by Gasteiger charge is -2.41. The van der Waals surface area contributed by atoms with Gasteiger partial charge in [0.25, 0.3) is 0 Å². The minimum Gasteiger partial charge on any atom is -0.353 e. The lowest BCUT2D eigenvalue weighted by atomic mass is 9.71. The van der Waals surface area contributed by atoms with Crippen molar-refractivity contribution >= 4 is 5.91 Å². The highest BCUT2D eigenvalue weighted by Crippen LogP contribution is 2.33. The zero-order valence-electron chi connectivity index (χ0n) is 7.55. The Hall–Kier alpha value is -0.530. The summed E-state index contributed by atoms with van der Waals surface area (Å²) in [6.45, 7) is 6.33. The molecule has 1 fully saturated rings. The highest BCUT2D eigenvalue weighted by Gasteiger charge is 2.34. The average molecular weight is 155 g/mol. The van der Waals surface area contributed by atoms with Crippen molar-refractivity contribution in [2.45, 2.75) is 39.7 Å². The summed E-state index contributed by atoms with van der Waals surface area (Å²) in [7, 11) is 0. The Bertz CT molecular complexity index is 156. The quantitative estimate of drug-likeness (QED) is 0.644. The second-order valence-corrected chi connectivity index (χ2v) is 3.60. The van der Waals surface area contributed by atoms with E-state index >= 15 is 0 Å². The van der Waals surface area contributed by atoms with Gasteiger partial charge in [0.05, 0.1) is 0 Å². The predicted octanol–water partition coefficient (Wildman–Crippen LogP) is 1.56. The Morgan fingerprint density at radius 1 is 1.55 bits per heavy atom. The van der Waals surface area contributed by atoms with Gasteiger partial charge in [0.15, 0.2) is 0 Å². The minimum absolute atomic E-state index is 0.189.